The van der Waals surface area contributed by atoms with Gasteiger partial charge in [0.2, 0.25) is 0 Å². The minimum atomic E-state index is -1.62. The number of furan rings is 1. The van der Waals surface area contributed by atoms with Gasteiger partial charge >= 0.3 is 0 Å². The van der Waals surface area contributed by atoms with Gasteiger partial charge in [0.25, 0.3) is 11.8 Å². The van der Waals surface area contributed by atoms with Gasteiger partial charge in [-0.1, -0.05) is 11.6 Å². The minimum Gasteiger partial charge on any atom is -0.462 e. The van der Waals surface area contributed by atoms with Crippen LogP contribution in [-0.4, -0.2) is 21.9 Å². The highest BCUT2D eigenvalue weighted by Gasteiger charge is 2.25. The lowest BCUT2D eigenvalue weighted by molar-refractivity contribution is -0.125. The fourth-order valence-electron chi connectivity index (χ4n) is 2.23. The lowest BCUT2D eigenvalue weighted by atomic mass is 10.2. The summed E-state index contributed by atoms with van der Waals surface area (Å²) in [4.78, 5) is 28.3. The lowest BCUT2D eigenvalue weighted by Crippen LogP contribution is -2.20. The molecule has 0 aliphatic rings. The fraction of sp³-hybridized carbons (Fsp3) is 0.118. The van der Waals surface area contributed by atoms with Crippen LogP contribution in [-0.2, 0) is 4.79 Å². The van der Waals surface area contributed by atoms with Gasteiger partial charge in [0.15, 0.2) is 11.2 Å². The summed E-state index contributed by atoms with van der Waals surface area (Å²) in [5, 5.41) is 17.0. The molecule has 0 aliphatic carbocycles. The quantitative estimate of drug-likeness (QED) is 0.595. The number of carbonyl (C=O) groups is 2. The first-order valence-electron chi connectivity index (χ1n) is 7.60. The van der Waals surface area contributed by atoms with Gasteiger partial charge in [-0.25, -0.2) is 9.37 Å². The average molecular weight is 410 g/mol. The Hall–Kier alpha value is -2.75. The van der Waals surface area contributed by atoms with Crippen LogP contribution in [0.15, 0.2) is 40.3 Å². The molecule has 0 saturated heterocycles. The van der Waals surface area contributed by atoms with E-state index in [0.717, 1.165) is 6.07 Å². The third-order valence-electron chi connectivity index (χ3n) is 3.54. The van der Waals surface area contributed by atoms with Crippen molar-refractivity contribution in [2.45, 2.75) is 13.0 Å². The molecule has 7 nitrogen and oxygen atoms in total. The molecule has 1 aromatic carbocycles. The van der Waals surface area contributed by atoms with Crippen molar-refractivity contribution >= 4 is 45.6 Å². The van der Waals surface area contributed by atoms with Crippen LogP contribution >= 0.6 is 22.9 Å². The summed E-state index contributed by atoms with van der Waals surface area (Å²) >= 11 is 6.88. The largest absolute Gasteiger partial charge is 0.462 e. The van der Waals surface area contributed by atoms with Crippen LogP contribution in [0, 0.1) is 12.7 Å². The van der Waals surface area contributed by atoms with Gasteiger partial charge in [0.05, 0.1) is 10.6 Å². The fourth-order valence-corrected chi connectivity index (χ4v) is 2.94. The number of thiazole rings is 1. The molecule has 0 fully saturated rings. The molecule has 10 heteroatoms. The number of aliphatic hydroxyl groups excluding tert-OH is 1. The maximum Gasteiger partial charge on any atom is 0.262 e. The molecular weight excluding hydrogens is 397 g/mol. The van der Waals surface area contributed by atoms with Gasteiger partial charge in [-0.3, -0.25) is 14.9 Å². The van der Waals surface area contributed by atoms with Gasteiger partial charge in [0.1, 0.15) is 17.3 Å². The van der Waals surface area contributed by atoms with Crippen molar-refractivity contribution < 1.29 is 23.5 Å². The molecule has 3 rings (SSSR count). The second kappa shape index (κ2) is 7.87. The van der Waals surface area contributed by atoms with Gasteiger partial charge in [0, 0.05) is 17.3 Å². The van der Waals surface area contributed by atoms with Crippen LogP contribution in [0.2, 0.25) is 5.02 Å². The van der Waals surface area contributed by atoms with E-state index in [2.05, 4.69) is 15.6 Å². The molecule has 27 heavy (non-hydrogen) atoms. The van der Waals surface area contributed by atoms with E-state index in [1.807, 2.05) is 0 Å². The maximum absolute atomic E-state index is 13.2. The highest BCUT2D eigenvalue weighted by atomic mass is 35.5. The third kappa shape index (κ3) is 4.33. The summed E-state index contributed by atoms with van der Waals surface area (Å²) in [5.41, 5.74) is 0.405. The van der Waals surface area contributed by atoms with Crippen LogP contribution in [0.25, 0.3) is 0 Å². The molecule has 0 radical (unpaired) electrons. The van der Waals surface area contributed by atoms with E-state index in [1.54, 1.807) is 5.38 Å². The molecule has 3 aromatic rings. The minimum absolute atomic E-state index is 0.0937. The molecule has 2 aromatic heterocycles. The first kappa shape index (κ1) is 19.0. The number of aliphatic hydroxyl groups is 1. The third-order valence-corrected chi connectivity index (χ3v) is 4.52. The number of aryl methyl sites for hydroxylation is 1. The van der Waals surface area contributed by atoms with Gasteiger partial charge in [-0.15, -0.1) is 11.3 Å². The van der Waals surface area contributed by atoms with E-state index in [9.17, 15) is 19.1 Å². The van der Waals surface area contributed by atoms with Crippen molar-refractivity contribution in [3.8, 4) is 0 Å². The van der Waals surface area contributed by atoms with Crippen molar-refractivity contribution in [2.75, 3.05) is 10.6 Å². The molecule has 1 unspecified atom stereocenters. The predicted molar refractivity (Wildman–Crippen MR) is 98.5 cm³/mol. The number of aromatic nitrogens is 1. The monoisotopic (exact) mass is 409 g/mol. The molecule has 0 saturated carbocycles. The summed E-state index contributed by atoms with van der Waals surface area (Å²) in [5.74, 6) is -1.79. The van der Waals surface area contributed by atoms with Gasteiger partial charge < -0.3 is 14.8 Å². The summed E-state index contributed by atoms with van der Waals surface area (Å²) in [6.45, 7) is 1.52. The van der Waals surface area contributed by atoms with Crippen molar-refractivity contribution in [1.29, 1.82) is 0 Å². The van der Waals surface area contributed by atoms with E-state index in [0.29, 0.717) is 5.13 Å². The number of amides is 2. The maximum atomic E-state index is 13.2. The van der Waals surface area contributed by atoms with E-state index < -0.39 is 23.7 Å². The topological polar surface area (TPSA) is 104 Å². The Bertz CT molecular complexity index is 990. The molecule has 2 amide bonds. The summed E-state index contributed by atoms with van der Waals surface area (Å²) in [6, 6.07) is 5.01. The number of halogens is 2. The lowest BCUT2D eigenvalue weighted by Gasteiger charge is -2.06. The Labute approximate surface area is 161 Å². The first-order valence-corrected chi connectivity index (χ1v) is 8.86. The van der Waals surface area contributed by atoms with E-state index in [-0.39, 0.29) is 27.8 Å². The molecule has 0 bridgehead atoms. The number of benzene rings is 1. The second-order valence-corrected chi connectivity index (χ2v) is 6.73. The number of hydrogen-bond acceptors (Lipinski definition) is 6. The number of carbonyl (C=O) groups excluding carboxylic acids is 2. The number of rotatable bonds is 5. The Balaban J connectivity index is 1.73. The average Bonchev–Trinajstić information content (AvgIpc) is 3.27. The molecular formula is C17H13ClFN3O4S. The Kier molecular flexibility index (Phi) is 5.54. The van der Waals surface area contributed by atoms with Crippen LogP contribution in [0.5, 0.6) is 0 Å². The number of nitrogens with zero attached hydrogens (tertiary/aromatic N) is 1. The number of hydrogen-bond donors (Lipinski definition) is 3. The molecule has 2 heterocycles. The zero-order chi connectivity index (χ0) is 19.6. The highest BCUT2D eigenvalue weighted by Crippen LogP contribution is 2.25. The molecule has 1 atom stereocenters. The highest BCUT2D eigenvalue weighted by molar-refractivity contribution is 7.13. The smallest absolute Gasteiger partial charge is 0.262 e. The molecule has 0 spiro atoms. The predicted octanol–water partition coefficient (Wildman–Crippen LogP) is 3.76. The Morgan fingerprint density at radius 1 is 1.33 bits per heavy atom. The van der Waals surface area contributed by atoms with Gasteiger partial charge in [-0.05, 0) is 31.2 Å². The van der Waals surface area contributed by atoms with E-state index in [4.69, 9.17) is 16.0 Å². The molecule has 3 N–H and O–H groups in total. The Morgan fingerprint density at radius 2 is 2.11 bits per heavy atom. The normalized spacial score (nSPS) is 11.9. The summed E-state index contributed by atoms with van der Waals surface area (Å²) in [6.07, 6.45) is -0.108. The summed E-state index contributed by atoms with van der Waals surface area (Å²) < 4.78 is 18.5. The van der Waals surface area contributed by atoms with E-state index in [1.165, 1.54) is 42.7 Å². The zero-order valence-electron chi connectivity index (χ0n) is 13.8. The van der Waals surface area contributed by atoms with Crippen molar-refractivity contribution in [2.24, 2.45) is 0 Å². The molecule has 140 valence electrons. The van der Waals surface area contributed by atoms with Crippen LogP contribution in [0.3, 0.4) is 0 Å². The van der Waals surface area contributed by atoms with Crippen molar-refractivity contribution in [1.82, 2.24) is 4.98 Å². The zero-order valence-corrected chi connectivity index (χ0v) is 15.4. The van der Waals surface area contributed by atoms with Crippen molar-refractivity contribution in [3.05, 3.63) is 63.8 Å². The number of anilines is 2. The van der Waals surface area contributed by atoms with Crippen molar-refractivity contribution in [3.63, 3.8) is 0 Å². The van der Waals surface area contributed by atoms with Crippen LogP contribution < -0.4 is 10.6 Å². The first-order chi connectivity index (χ1) is 12.8. The second-order valence-electron chi connectivity index (χ2n) is 5.43. The van der Waals surface area contributed by atoms with Crippen LogP contribution in [0.4, 0.5) is 15.2 Å². The standard InChI is InChI=1S/C17H13ClFN3O4S/c1-8-10(15(24)21-9-2-3-12(19)11(18)6-9)7-13(26-8)14(23)16(25)22-17-20-4-5-27-17/h2-7,14,23H,1H3,(H,21,24)(H,20,22,25). The van der Waals surface area contributed by atoms with Gasteiger partial charge in [-0.2, -0.15) is 0 Å². The van der Waals surface area contributed by atoms with E-state index >= 15 is 0 Å². The molecule has 0 aliphatic heterocycles. The van der Waals surface area contributed by atoms with Crippen LogP contribution in [0.1, 0.15) is 28.0 Å². The number of nitrogens with one attached hydrogen (secondary N) is 2. The Morgan fingerprint density at radius 3 is 2.78 bits per heavy atom. The summed E-state index contributed by atoms with van der Waals surface area (Å²) in [7, 11) is 0. The SMILES string of the molecule is Cc1oc(C(O)C(=O)Nc2nccs2)cc1C(=O)Nc1ccc(F)c(Cl)c1.